The van der Waals surface area contributed by atoms with Gasteiger partial charge in [-0.3, -0.25) is 28.4 Å². The number of nitrogens with two attached hydrogens (primary N) is 2. The molecule has 0 atom stereocenters. The van der Waals surface area contributed by atoms with E-state index in [1.54, 1.807) is 6.92 Å². The lowest BCUT2D eigenvalue weighted by atomic mass is 10.1. The Kier molecular flexibility index (Phi) is 6.30. The summed E-state index contributed by atoms with van der Waals surface area (Å²) in [5.74, 6) is -1.36. The first-order valence-electron chi connectivity index (χ1n) is 8.43. The molecule has 1 aromatic heterocycles. The predicted molar refractivity (Wildman–Crippen MR) is 102 cm³/mol. The number of hydrogen-bond acceptors (Lipinski definition) is 6. The molecule has 0 saturated carbocycles. The lowest BCUT2D eigenvalue weighted by molar-refractivity contribution is -0.118. The van der Waals surface area contributed by atoms with Crippen LogP contribution in [0, 0.1) is 0 Å². The summed E-state index contributed by atoms with van der Waals surface area (Å²) in [7, 11) is 1.52. The number of nitrogens with zero attached hydrogens (tertiary/aromatic N) is 3. The van der Waals surface area contributed by atoms with Crippen LogP contribution in [0.2, 0.25) is 0 Å². The molecule has 0 aliphatic rings. The fraction of sp³-hybridized carbons (Fsp3) is 0.333. The van der Waals surface area contributed by atoms with Gasteiger partial charge in [0.15, 0.2) is 5.78 Å². The van der Waals surface area contributed by atoms with E-state index in [-0.39, 0.29) is 37.6 Å². The largest absolute Gasteiger partial charge is 0.384 e. The van der Waals surface area contributed by atoms with Gasteiger partial charge in [0.1, 0.15) is 11.4 Å². The first kappa shape index (κ1) is 20.1. The number of anilines is 1. The van der Waals surface area contributed by atoms with E-state index in [1.165, 1.54) is 16.5 Å². The fourth-order valence-electron chi connectivity index (χ4n) is 2.82. The molecule has 27 heavy (non-hydrogen) atoms. The molecule has 4 N–H and O–H groups in total. The number of nitrogen functional groups attached to an aromatic ring is 1. The van der Waals surface area contributed by atoms with Gasteiger partial charge in [-0.05, 0) is 19.5 Å². The van der Waals surface area contributed by atoms with Crippen LogP contribution in [0.3, 0.4) is 0 Å². The first-order valence-corrected chi connectivity index (χ1v) is 8.43. The predicted octanol–water partition coefficient (Wildman–Crippen LogP) is -0.740. The Labute approximate surface area is 155 Å². The summed E-state index contributed by atoms with van der Waals surface area (Å²) in [6.07, 6.45) is 0. The van der Waals surface area contributed by atoms with Crippen LogP contribution in [0.5, 0.6) is 0 Å². The number of Topliss-reactive ketones (excluding diaryl/α,β-unsaturated/α-hetero) is 1. The van der Waals surface area contributed by atoms with E-state index in [2.05, 4.69) is 0 Å². The molecule has 1 aromatic carbocycles. The zero-order chi connectivity index (χ0) is 20.1. The van der Waals surface area contributed by atoms with Crippen LogP contribution < -0.4 is 22.7 Å². The molecule has 0 saturated heterocycles. The minimum atomic E-state index is -0.734. The van der Waals surface area contributed by atoms with Crippen molar-refractivity contribution in [2.24, 2.45) is 5.73 Å². The van der Waals surface area contributed by atoms with Crippen molar-refractivity contribution >= 4 is 17.5 Å². The van der Waals surface area contributed by atoms with E-state index in [0.717, 1.165) is 10.1 Å². The van der Waals surface area contributed by atoms with Crippen molar-refractivity contribution in [3.63, 3.8) is 0 Å². The van der Waals surface area contributed by atoms with Crippen LogP contribution in [-0.4, -0.2) is 45.9 Å². The number of benzene rings is 1. The Bertz CT molecular complexity index is 962. The highest BCUT2D eigenvalue weighted by molar-refractivity contribution is 6.01. The minimum absolute atomic E-state index is 0.101. The normalized spacial score (nSPS) is 10.9. The molecule has 2 aromatic rings. The summed E-state index contributed by atoms with van der Waals surface area (Å²) in [5.41, 5.74) is 10.4. The molecule has 0 fully saturated rings. The average Bonchev–Trinajstić information content (AvgIpc) is 2.59. The van der Waals surface area contributed by atoms with Gasteiger partial charge < -0.3 is 11.5 Å². The van der Waals surface area contributed by atoms with Crippen LogP contribution in [0.1, 0.15) is 22.8 Å². The molecule has 1 heterocycles. The molecule has 0 aliphatic carbocycles. The third-order valence-electron chi connectivity index (χ3n) is 4.09. The van der Waals surface area contributed by atoms with Crippen LogP contribution in [0.15, 0.2) is 39.9 Å². The number of aromatic nitrogens is 2. The van der Waals surface area contributed by atoms with Crippen LogP contribution in [0.25, 0.3) is 0 Å². The minimum Gasteiger partial charge on any atom is -0.384 e. The molecule has 0 spiro atoms. The summed E-state index contributed by atoms with van der Waals surface area (Å²) >= 11 is 0. The lowest BCUT2D eigenvalue weighted by Crippen LogP contribution is -2.45. The van der Waals surface area contributed by atoms with Gasteiger partial charge in [0, 0.05) is 6.54 Å². The quantitative estimate of drug-likeness (QED) is 0.586. The van der Waals surface area contributed by atoms with Crippen molar-refractivity contribution in [3.8, 4) is 0 Å². The van der Waals surface area contributed by atoms with Crippen molar-refractivity contribution in [1.29, 1.82) is 0 Å². The van der Waals surface area contributed by atoms with Crippen molar-refractivity contribution in [3.05, 3.63) is 62.3 Å². The van der Waals surface area contributed by atoms with Crippen LogP contribution in [0.4, 0.5) is 5.82 Å². The van der Waals surface area contributed by atoms with Gasteiger partial charge in [0.2, 0.25) is 5.91 Å². The molecule has 9 heteroatoms. The Balaban J connectivity index is 2.52. The average molecular weight is 373 g/mol. The monoisotopic (exact) mass is 373 g/mol. The van der Waals surface area contributed by atoms with Crippen LogP contribution in [-0.2, 0) is 17.9 Å². The number of ketones is 1. The zero-order valence-electron chi connectivity index (χ0n) is 15.3. The molecule has 2 rings (SSSR count). The topological polar surface area (TPSA) is 133 Å². The fourth-order valence-corrected chi connectivity index (χ4v) is 2.82. The molecule has 0 radical (unpaired) electrons. The number of rotatable bonds is 8. The van der Waals surface area contributed by atoms with Crippen molar-refractivity contribution in [1.82, 2.24) is 14.0 Å². The summed E-state index contributed by atoms with van der Waals surface area (Å²) < 4.78 is 2.18. The maximum Gasteiger partial charge on any atom is 0.332 e. The van der Waals surface area contributed by atoms with Gasteiger partial charge in [-0.15, -0.1) is 0 Å². The van der Waals surface area contributed by atoms with Crippen molar-refractivity contribution in [2.75, 3.05) is 25.9 Å². The van der Waals surface area contributed by atoms with E-state index in [1.807, 2.05) is 30.3 Å². The van der Waals surface area contributed by atoms with Gasteiger partial charge in [-0.25, -0.2) is 4.79 Å². The Morgan fingerprint density at radius 1 is 1.07 bits per heavy atom. The van der Waals surface area contributed by atoms with Gasteiger partial charge in [0.05, 0.1) is 19.6 Å². The summed E-state index contributed by atoms with van der Waals surface area (Å²) in [5, 5.41) is 0. The number of likely N-dealkylation sites (N-methyl/N-ethyl adjacent to an activating group) is 1. The SMILES string of the molecule is CCn1c(=O)c(C(=O)CN(C)CC(N)=O)c(N)n(Cc2ccccc2)c1=O. The molecular weight excluding hydrogens is 350 g/mol. The Morgan fingerprint density at radius 3 is 2.26 bits per heavy atom. The molecule has 1 amide bonds. The molecule has 0 unspecified atom stereocenters. The van der Waals surface area contributed by atoms with Crippen LogP contribution >= 0.6 is 0 Å². The molecule has 144 valence electrons. The van der Waals surface area contributed by atoms with E-state index in [0.29, 0.717) is 0 Å². The number of amides is 1. The second kappa shape index (κ2) is 8.45. The first-order chi connectivity index (χ1) is 12.8. The van der Waals surface area contributed by atoms with Crippen molar-refractivity contribution < 1.29 is 9.59 Å². The van der Waals surface area contributed by atoms with E-state index >= 15 is 0 Å². The Hall–Kier alpha value is -3.20. The number of hydrogen-bond donors (Lipinski definition) is 2. The van der Waals surface area contributed by atoms with Crippen molar-refractivity contribution in [2.45, 2.75) is 20.0 Å². The number of carbonyl (C=O) groups is 2. The highest BCUT2D eigenvalue weighted by Gasteiger charge is 2.23. The lowest BCUT2D eigenvalue weighted by Gasteiger charge is -2.18. The molecule has 0 aliphatic heterocycles. The Morgan fingerprint density at radius 2 is 1.70 bits per heavy atom. The zero-order valence-corrected chi connectivity index (χ0v) is 15.3. The molecule has 0 bridgehead atoms. The van der Waals surface area contributed by atoms with E-state index in [9.17, 15) is 19.2 Å². The summed E-state index contributed by atoms with van der Waals surface area (Å²) in [4.78, 5) is 50.3. The highest BCUT2D eigenvalue weighted by atomic mass is 16.2. The molecular formula is C18H23N5O4. The third kappa shape index (κ3) is 4.50. The van der Waals surface area contributed by atoms with Gasteiger partial charge in [-0.2, -0.15) is 0 Å². The standard InChI is InChI=1S/C18H23N5O4/c1-3-22-17(26)15(13(24)10-21(2)11-14(19)25)16(20)23(18(22)27)9-12-7-5-4-6-8-12/h4-8H,3,9-11,20H2,1-2H3,(H2,19,25). The summed E-state index contributed by atoms with van der Waals surface area (Å²) in [6, 6.07) is 9.10. The van der Waals surface area contributed by atoms with Gasteiger partial charge in [0.25, 0.3) is 5.56 Å². The third-order valence-corrected chi connectivity index (χ3v) is 4.09. The van der Waals surface area contributed by atoms with E-state index in [4.69, 9.17) is 11.5 Å². The smallest absolute Gasteiger partial charge is 0.332 e. The maximum absolute atomic E-state index is 12.7. The second-order valence-electron chi connectivity index (χ2n) is 6.23. The van der Waals surface area contributed by atoms with E-state index < -0.39 is 22.9 Å². The summed E-state index contributed by atoms with van der Waals surface area (Å²) in [6.45, 7) is 1.50. The maximum atomic E-state index is 12.7. The highest BCUT2D eigenvalue weighted by Crippen LogP contribution is 2.10. The van der Waals surface area contributed by atoms with Gasteiger partial charge in [-0.1, -0.05) is 30.3 Å². The number of carbonyl (C=O) groups excluding carboxylic acids is 2. The second-order valence-corrected chi connectivity index (χ2v) is 6.23. The molecule has 9 nitrogen and oxygen atoms in total. The van der Waals surface area contributed by atoms with Gasteiger partial charge >= 0.3 is 5.69 Å². The number of primary amides is 1.